The Hall–Kier alpha value is -0.780. The van der Waals surface area contributed by atoms with Crippen molar-refractivity contribution in [3.63, 3.8) is 0 Å². The summed E-state index contributed by atoms with van der Waals surface area (Å²) in [6, 6.07) is 0.535. The lowest BCUT2D eigenvalue weighted by Crippen LogP contribution is -2.28. The molecule has 0 aliphatic carbocycles. The van der Waals surface area contributed by atoms with Crippen molar-refractivity contribution in [2.45, 2.75) is 45.7 Å². The Balaban J connectivity index is 2.28. The SMILES string of the molecule is CC(C)NC(c1nccs1)c1nc(C(C)C)cs1. The summed E-state index contributed by atoms with van der Waals surface area (Å²) in [4.78, 5) is 9.16. The van der Waals surface area contributed by atoms with Gasteiger partial charge in [-0.3, -0.25) is 0 Å². The van der Waals surface area contributed by atoms with Crippen LogP contribution >= 0.6 is 22.7 Å². The van der Waals surface area contributed by atoms with E-state index in [0.717, 1.165) is 10.0 Å². The fourth-order valence-corrected chi connectivity index (χ4v) is 3.47. The molecular formula is C13H19N3S2. The molecule has 0 radical (unpaired) electrons. The predicted molar refractivity (Wildman–Crippen MR) is 78.4 cm³/mol. The number of hydrogen-bond acceptors (Lipinski definition) is 5. The van der Waals surface area contributed by atoms with Crippen molar-refractivity contribution < 1.29 is 0 Å². The molecule has 0 amide bonds. The van der Waals surface area contributed by atoms with Crippen LogP contribution in [0.5, 0.6) is 0 Å². The summed E-state index contributed by atoms with van der Waals surface area (Å²) in [7, 11) is 0. The van der Waals surface area contributed by atoms with Gasteiger partial charge in [-0.25, -0.2) is 9.97 Å². The van der Waals surface area contributed by atoms with Crippen LogP contribution in [0.25, 0.3) is 0 Å². The molecule has 1 unspecified atom stereocenters. The molecule has 0 aliphatic heterocycles. The lowest BCUT2D eigenvalue weighted by molar-refractivity contribution is 0.524. The summed E-state index contributed by atoms with van der Waals surface area (Å²) in [6.07, 6.45) is 1.85. The smallest absolute Gasteiger partial charge is 0.117 e. The Labute approximate surface area is 116 Å². The van der Waals surface area contributed by atoms with Crippen LogP contribution in [0.4, 0.5) is 0 Å². The molecule has 0 spiro atoms. The lowest BCUT2D eigenvalue weighted by Gasteiger charge is -2.17. The third kappa shape index (κ3) is 3.16. The molecule has 0 saturated heterocycles. The van der Waals surface area contributed by atoms with Crippen LogP contribution in [0.1, 0.15) is 55.4 Å². The van der Waals surface area contributed by atoms with E-state index < -0.39 is 0 Å². The minimum Gasteiger partial charge on any atom is -0.300 e. The first-order valence-corrected chi connectivity index (χ1v) is 7.94. The highest BCUT2D eigenvalue weighted by atomic mass is 32.1. The van der Waals surface area contributed by atoms with Crippen molar-refractivity contribution in [2.75, 3.05) is 0 Å². The Kier molecular flexibility index (Phi) is 4.48. The van der Waals surface area contributed by atoms with Gasteiger partial charge >= 0.3 is 0 Å². The number of rotatable bonds is 5. The molecular weight excluding hydrogens is 262 g/mol. The highest BCUT2D eigenvalue weighted by Gasteiger charge is 2.21. The summed E-state index contributed by atoms with van der Waals surface area (Å²) in [5.41, 5.74) is 1.17. The van der Waals surface area contributed by atoms with Gasteiger partial charge in [0.2, 0.25) is 0 Å². The van der Waals surface area contributed by atoms with E-state index in [2.05, 4.69) is 43.4 Å². The normalized spacial score (nSPS) is 13.4. The highest BCUT2D eigenvalue weighted by Crippen LogP contribution is 2.29. The van der Waals surface area contributed by atoms with Gasteiger partial charge in [0.15, 0.2) is 0 Å². The standard InChI is InChI=1S/C13H19N3S2/c1-8(2)10-7-18-13(16-10)11(15-9(3)4)12-14-5-6-17-12/h5-9,11,15H,1-4H3. The van der Waals surface area contributed by atoms with Gasteiger partial charge in [0.05, 0.1) is 5.69 Å². The average Bonchev–Trinajstić information content (AvgIpc) is 2.97. The number of hydrogen-bond donors (Lipinski definition) is 1. The molecule has 18 heavy (non-hydrogen) atoms. The molecule has 0 aliphatic rings. The van der Waals surface area contributed by atoms with E-state index in [1.165, 1.54) is 5.69 Å². The zero-order valence-corrected chi connectivity index (χ0v) is 12.8. The van der Waals surface area contributed by atoms with Crippen molar-refractivity contribution >= 4 is 22.7 Å². The zero-order chi connectivity index (χ0) is 13.1. The Morgan fingerprint density at radius 2 is 1.89 bits per heavy atom. The Morgan fingerprint density at radius 1 is 1.11 bits per heavy atom. The monoisotopic (exact) mass is 281 g/mol. The molecule has 0 aromatic carbocycles. The predicted octanol–water partition coefficient (Wildman–Crippen LogP) is 3.81. The van der Waals surface area contributed by atoms with Crippen molar-refractivity contribution in [1.29, 1.82) is 0 Å². The molecule has 0 bridgehead atoms. The molecule has 2 aromatic rings. The third-order valence-electron chi connectivity index (χ3n) is 2.58. The van der Waals surface area contributed by atoms with Gasteiger partial charge in [-0.05, 0) is 19.8 Å². The maximum Gasteiger partial charge on any atom is 0.117 e. The fourth-order valence-electron chi connectivity index (χ4n) is 1.66. The Bertz CT molecular complexity index is 474. The molecule has 2 rings (SSSR count). The van der Waals surface area contributed by atoms with Crippen LogP contribution in [0.3, 0.4) is 0 Å². The van der Waals surface area contributed by atoms with Crippen molar-refractivity contribution in [3.8, 4) is 0 Å². The molecule has 2 heterocycles. The fraction of sp³-hybridized carbons (Fsp3) is 0.538. The molecule has 0 saturated carbocycles. The second kappa shape index (κ2) is 5.91. The minimum atomic E-state index is 0.127. The van der Waals surface area contributed by atoms with Crippen molar-refractivity contribution in [3.05, 3.63) is 32.7 Å². The largest absolute Gasteiger partial charge is 0.300 e. The molecule has 1 atom stereocenters. The number of aromatic nitrogens is 2. The first kappa shape index (κ1) is 13.6. The molecule has 3 nitrogen and oxygen atoms in total. The van der Waals surface area contributed by atoms with Gasteiger partial charge in [0, 0.05) is 23.0 Å². The quantitative estimate of drug-likeness (QED) is 0.905. The number of thiazole rings is 2. The van der Waals surface area contributed by atoms with E-state index in [1.54, 1.807) is 22.7 Å². The number of nitrogens with one attached hydrogen (secondary N) is 1. The molecule has 2 aromatic heterocycles. The lowest BCUT2D eigenvalue weighted by atomic mass is 10.2. The van der Waals surface area contributed by atoms with Crippen LogP contribution in [-0.2, 0) is 0 Å². The van der Waals surface area contributed by atoms with Crippen LogP contribution < -0.4 is 5.32 Å². The molecule has 1 N–H and O–H groups in total. The van der Waals surface area contributed by atoms with Crippen LogP contribution in [0.15, 0.2) is 17.0 Å². The van der Waals surface area contributed by atoms with Gasteiger partial charge in [-0.2, -0.15) is 0 Å². The van der Waals surface area contributed by atoms with Crippen molar-refractivity contribution in [1.82, 2.24) is 15.3 Å². The summed E-state index contributed by atoms with van der Waals surface area (Å²) in [5.74, 6) is 0.478. The molecule has 0 fully saturated rings. The minimum absolute atomic E-state index is 0.127. The highest BCUT2D eigenvalue weighted by molar-refractivity contribution is 7.11. The second-order valence-corrected chi connectivity index (χ2v) is 6.71. The summed E-state index contributed by atoms with van der Waals surface area (Å²) in [6.45, 7) is 8.65. The van der Waals surface area contributed by atoms with E-state index in [4.69, 9.17) is 4.98 Å². The molecule has 5 heteroatoms. The van der Waals surface area contributed by atoms with Crippen LogP contribution in [0.2, 0.25) is 0 Å². The van der Waals surface area contributed by atoms with Crippen LogP contribution in [0, 0.1) is 0 Å². The van der Waals surface area contributed by atoms with Gasteiger partial charge < -0.3 is 5.32 Å². The van der Waals surface area contributed by atoms with Gasteiger partial charge in [-0.1, -0.05) is 13.8 Å². The summed E-state index contributed by atoms with van der Waals surface area (Å²) >= 11 is 3.40. The van der Waals surface area contributed by atoms with E-state index in [-0.39, 0.29) is 6.04 Å². The first-order valence-electron chi connectivity index (χ1n) is 6.18. The van der Waals surface area contributed by atoms with E-state index in [1.807, 2.05) is 11.6 Å². The van der Waals surface area contributed by atoms with Gasteiger partial charge in [-0.15, -0.1) is 22.7 Å². The Morgan fingerprint density at radius 3 is 2.39 bits per heavy atom. The first-order chi connectivity index (χ1) is 8.58. The van der Waals surface area contributed by atoms with Crippen LogP contribution in [-0.4, -0.2) is 16.0 Å². The average molecular weight is 281 g/mol. The zero-order valence-electron chi connectivity index (χ0n) is 11.2. The maximum atomic E-state index is 4.74. The molecule has 98 valence electrons. The number of nitrogens with zero attached hydrogens (tertiary/aromatic N) is 2. The van der Waals surface area contributed by atoms with E-state index in [9.17, 15) is 0 Å². The summed E-state index contributed by atoms with van der Waals surface area (Å²) in [5, 5.41) is 9.92. The van der Waals surface area contributed by atoms with Gasteiger partial charge in [0.25, 0.3) is 0 Å². The second-order valence-electron chi connectivity index (χ2n) is 4.89. The third-order valence-corrected chi connectivity index (χ3v) is 4.34. The topological polar surface area (TPSA) is 37.8 Å². The van der Waals surface area contributed by atoms with E-state index in [0.29, 0.717) is 12.0 Å². The van der Waals surface area contributed by atoms with E-state index >= 15 is 0 Å². The van der Waals surface area contributed by atoms with Gasteiger partial charge in [0.1, 0.15) is 16.1 Å². The summed E-state index contributed by atoms with van der Waals surface area (Å²) < 4.78 is 0. The maximum absolute atomic E-state index is 4.74. The van der Waals surface area contributed by atoms with Crippen molar-refractivity contribution in [2.24, 2.45) is 0 Å².